The lowest BCUT2D eigenvalue weighted by Crippen LogP contribution is -2.49. The Hall–Kier alpha value is -2.47. The molecule has 11 nitrogen and oxygen atoms in total. The smallest absolute Gasteiger partial charge is 0.426 e. The van der Waals surface area contributed by atoms with Gasteiger partial charge in [-0.3, -0.25) is 9.59 Å². The third kappa shape index (κ3) is 11.5. The molecular weight excluding hydrogens is 405 g/mol. The minimum Gasteiger partial charge on any atom is -0.426 e. The molecule has 0 aromatic rings. The molecule has 1 aliphatic carbocycles. The SMILES string of the molecule is CC(C)C[C@H](NC(=O)[C@H](CCCN=C(N)N[N+](=O)[O-])CC(=O)CC1C=CCC1)B(O)O. The Balaban J connectivity index is 2.72. The molecule has 0 spiro atoms. The zero-order valence-corrected chi connectivity index (χ0v) is 18.2. The van der Waals surface area contributed by atoms with Crippen LogP contribution in [0.25, 0.3) is 0 Å². The second-order valence-electron chi connectivity index (χ2n) is 8.35. The van der Waals surface area contributed by atoms with Crippen LogP contribution < -0.4 is 16.5 Å². The van der Waals surface area contributed by atoms with Gasteiger partial charge in [0.25, 0.3) is 5.96 Å². The minimum atomic E-state index is -1.70. The quantitative estimate of drug-likeness (QED) is 0.0488. The van der Waals surface area contributed by atoms with Crippen molar-refractivity contribution < 1.29 is 24.7 Å². The van der Waals surface area contributed by atoms with Crippen LogP contribution in [0, 0.1) is 27.9 Å². The second kappa shape index (κ2) is 13.8. The summed E-state index contributed by atoms with van der Waals surface area (Å²) in [5, 5.41) is 31.3. The highest BCUT2D eigenvalue weighted by Crippen LogP contribution is 2.23. The number of aliphatic imine (C=N–C) groups is 1. The van der Waals surface area contributed by atoms with Crippen LogP contribution in [-0.2, 0) is 9.59 Å². The van der Waals surface area contributed by atoms with E-state index < -0.39 is 29.9 Å². The predicted octanol–water partition coefficient (Wildman–Crippen LogP) is 0.337. The third-order valence-corrected chi connectivity index (χ3v) is 5.06. The van der Waals surface area contributed by atoms with Crippen molar-refractivity contribution in [3.8, 4) is 0 Å². The highest BCUT2D eigenvalue weighted by Gasteiger charge is 2.30. The third-order valence-electron chi connectivity index (χ3n) is 5.06. The normalized spacial score (nSPS) is 18.0. The van der Waals surface area contributed by atoms with E-state index in [1.165, 1.54) is 0 Å². The molecule has 6 N–H and O–H groups in total. The maximum absolute atomic E-state index is 12.8. The molecule has 0 saturated carbocycles. The molecular formula is C19H34BN5O6. The van der Waals surface area contributed by atoms with Crippen LogP contribution in [0.1, 0.15) is 58.8 Å². The summed E-state index contributed by atoms with van der Waals surface area (Å²) in [6.45, 7) is 3.95. The van der Waals surface area contributed by atoms with Crippen molar-refractivity contribution in [2.75, 3.05) is 6.54 Å². The molecule has 0 aromatic carbocycles. The second-order valence-corrected chi connectivity index (χ2v) is 8.35. The zero-order chi connectivity index (χ0) is 23.4. The van der Waals surface area contributed by atoms with Gasteiger partial charge in [0.15, 0.2) is 5.03 Å². The Kier molecular flexibility index (Phi) is 11.8. The monoisotopic (exact) mass is 439 g/mol. The zero-order valence-electron chi connectivity index (χ0n) is 18.2. The molecule has 1 unspecified atom stereocenters. The molecule has 12 heteroatoms. The number of amides is 1. The van der Waals surface area contributed by atoms with Crippen molar-refractivity contribution in [3.05, 3.63) is 22.3 Å². The molecule has 0 fully saturated rings. The number of Topliss-reactive ketones (excluding diaryl/α,β-unsaturated/α-hetero) is 1. The topological polar surface area (TPSA) is 180 Å². The highest BCUT2D eigenvalue weighted by atomic mass is 16.7. The molecule has 1 amide bonds. The van der Waals surface area contributed by atoms with Gasteiger partial charge < -0.3 is 21.1 Å². The lowest BCUT2D eigenvalue weighted by Gasteiger charge is -2.23. The fraction of sp³-hybridized carbons (Fsp3) is 0.737. The molecule has 0 saturated heterocycles. The molecule has 174 valence electrons. The number of rotatable bonds is 14. The van der Waals surface area contributed by atoms with E-state index in [1.807, 2.05) is 26.0 Å². The van der Waals surface area contributed by atoms with E-state index in [4.69, 9.17) is 5.73 Å². The molecule has 0 aliphatic heterocycles. The number of ketones is 1. The van der Waals surface area contributed by atoms with Crippen LogP contribution >= 0.6 is 0 Å². The van der Waals surface area contributed by atoms with Gasteiger partial charge in [-0.2, -0.15) is 0 Å². The van der Waals surface area contributed by atoms with E-state index in [1.54, 1.807) is 5.43 Å². The molecule has 0 bridgehead atoms. The van der Waals surface area contributed by atoms with Gasteiger partial charge in [0.1, 0.15) is 5.78 Å². The van der Waals surface area contributed by atoms with E-state index >= 15 is 0 Å². The number of hydrazine groups is 1. The van der Waals surface area contributed by atoms with Crippen molar-refractivity contribution in [3.63, 3.8) is 0 Å². The first kappa shape index (κ1) is 26.6. The van der Waals surface area contributed by atoms with Gasteiger partial charge in [0.05, 0.1) is 5.94 Å². The number of carbonyl (C=O) groups is 2. The molecule has 1 aliphatic rings. The van der Waals surface area contributed by atoms with Crippen LogP contribution in [0.5, 0.6) is 0 Å². The lowest BCUT2D eigenvalue weighted by molar-refractivity contribution is -0.525. The molecule has 1 rings (SSSR count). The lowest BCUT2D eigenvalue weighted by atomic mass is 9.74. The van der Waals surface area contributed by atoms with Gasteiger partial charge in [0, 0.05) is 25.3 Å². The molecule has 0 heterocycles. The number of hydrogen-bond acceptors (Lipinski definition) is 7. The summed E-state index contributed by atoms with van der Waals surface area (Å²) in [4.78, 5) is 39.5. The first-order valence-corrected chi connectivity index (χ1v) is 10.6. The first-order valence-electron chi connectivity index (χ1n) is 10.6. The van der Waals surface area contributed by atoms with E-state index in [2.05, 4.69) is 10.3 Å². The van der Waals surface area contributed by atoms with Gasteiger partial charge >= 0.3 is 7.12 Å². The highest BCUT2D eigenvalue weighted by molar-refractivity contribution is 6.43. The summed E-state index contributed by atoms with van der Waals surface area (Å²) in [7, 11) is -1.70. The fourth-order valence-electron chi connectivity index (χ4n) is 3.57. The number of hydrogen-bond donors (Lipinski definition) is 5. The summed E-state index contributed by atoms with van der Waals surface area (Å²) in [5.74, 6) is -1.95. The van der Waals surface area contributed by atoms with Crippen LogP contribution in [-0.4, -0.2) is 52.3 Å². The number of nitrogens with one attached hydrogen (secondary N) is 2. The van der Waals surface area contributed by atoms with E-state index in [9.17, 15) is 29.8 Å². The number of allylic oxidation sites excluding steroid dienone is 2. The van der Waals surface area contributed by atoms with Crippen LogP contribution in [0.3, 0.4) is 0 Å². The maximum atomic E-state index is 12.8. The Morgan fingerprint density at radius 2 is 2.10 bits per heavy atom. The first-order chi connectivity index (χ1) is 14.6. The van der Waals surface area contributed by atoms with Gasteiger partial charge in [0.2, 0.25) is 5.91 Å². The summed E-state index contributed by atoms with van der Waals surface area (Å²) in [6.07, 6.45) is 7.42. The largest absolute Gasteiger partial charge is 0.475 e. The number of nitro groups is 1. The summed E-state index contributed by atoms with van der Waals surface area (Å²) in [6, 6.07) is 0. The minimum absolute atomic E-state index is 0.0281. The van der Waals surface area contributed by atoms with Crippen molar-refractivity contribution in [1.29, 1.82) is 0 Å². The Morgan fingerprint density at radius 3 is 2.65 bits per heavy atom. The standard InChI is InChI=1S/C19H34BN5O6/c1-13(2)10-17(20(28)29)23-18(27)15(8-5-9-22-19(21)24-25(30)31)12-16(26)11-14-6-3-4-7-14/h3,6,13-15,17,28-29H,4-5,7-12H2,1-2H3,(H,23,27)(H3,21,22,24)/t14?,15-,17+/m1/s1. The van der Waals surface area contributed by atoms with Gasteiger partial charge in [-0.1, -0.05) is 31.4 Å². The van der Waals surface area contributed by atoms with Crippen molar-refractivity contribution in [1.82, 2.24) is 10.7 Å². The van der Waals surface area contributed by atoms with Crippen LogP contribution in [0.2, 0.25) is 0 Å². The van der Waals surface area contributed by atoms with E-state index in [0.717, 1.165) is 12.8 Å². The van der Waals surface area contributed by atoms with Gasteiger partial charge in [-0.25, -0.2) is 15.1 Å². The number of nitrogens with zero attached hydrogens (tertiary/aromatic N) is 2. The Bertz CT molecular complexity index is 670. The van der Waals surface area contributed by atoms with Crippen LogP contribution in [0.15, 0.2) is 17.1 Å². The molecule has 3 atom stereocenters. The maximum Gasteiger partial charge on any atom is 0.475 e. The summed E-state index contributed by atoms with van der Waals surface area (Å²) >= 11 is 0. The van der Waals surface area contributed by atoms with E-state index in [0.29, 0.717) is 25.7 Å². The van der Waals surface area contributed by atoms with Crippen molar-refractivity contribution in [2.24, 2.45) is 28.5 Å². The molecule has 0 aromatic heterocycles. The summed E-state index contributed by atoms with van der Waals surface area (Å²) in [5.41, 5.74) is 7.11. The molecule has 31 heavy (non-hydrogen) atoms. The van der Waals surface area contributed by atoms with Gasteiger partial charge in [-0.05, 0) is 43.9 Å². The predicted molar refractivity (Wildman–Crippen MR) is 117 cm³/mol. The van der Waals surface area contributed by atoms with Gasteiger partial charge in [-0.15, -0.1) is 0 Å². The Morgan fingerprint density at radius 1 is 1.39 bits per heavy atom. The summed E-state index contributed by atoms with van der Waals surface area (Å²) < 4.78 is 0. The number of carbonyl (C=O) groups excluding carboxylic acids is 2. The van der Waals surface area contributed by atoms with Crippen molar-refractivity contribution >= 4 is 24.8 Å². The average Bonchev–Trinajstić information content (AvgIpc) is 3.15. The van der Waals surface area contributed by atoms with Crippen LogP contribution in [0.4, 0.5) is 0 Å². The fourth-order valence-corrected chi connectivity index (χ4v) is 3.57. The number of guanidine groups is 1. The average molecular weight is 439 g/mol. The van der Waals surface area contributed by atoms with Crippen molar-refractivity contribution in [2.45, 2.75) is 64.7 Å². The Labute approximate surface area is 182 Å². The van der Waals surface area contributed by atoms with E-state index in [-0.39, 0.29) is 36.5 Å². The number of nitrogens with two attached hydrogens (primary N) is 1. The molecule has 0 radical (unpaired) electrons.